The fraction of sp³-hybridized carbons (Fsp3) is 0.488. The summed E-state index contributed by atoms with van der Waals surface area (Å²) in [6, 6.07) is 21.1. The second-order valence-electron chi connectivity index (χ2n) is 15.5. The Morgan fingerprint density at radius 2 is 1.72 bits per heavy atom. The van der Waals surface area contributed by atoms with Crippen LogP contribution in [-0.2, 0) is 31.3 Å². The Kier molecular flexibility index (Phi) is 10.4. The summed E-state index contributed by atoms with van der Waals surface area (Å²) in [6.07, 6.45) is 3.01. The summed E-state index contributed by atoms with van der Waals surface area (Å²) in [7, 11) is 0.791. The van der Waals surface area contributed by atoms with Gasteiger partial charge in [0.1, 0.15) is 11.5 Å². The van der Waals surface area contributed by atoms with Crippen LogP contribution in [0.2, 0.25) is 18.6 Å². The van der Waals surface area contributed by atoms with E-state index in [2.05, 4.69) is 42.8 Å². The number of nitrogens with zero attached hydrogens (tertiary/aromatic N) is 2. The van der Waals surface area contributed by atoms with Crippen LogP contribution in [0.5, 0.6) is 11.5 Å². The van der Waals surface area contributed by atoms with E-state index in [4.69, 9.17) is 14.2 Å². The second-order valence-corrected chi connectivity index (χ2v) is 20.2. The van der Waals surface area contributed by atoms with Gasteiger partial charge in [-0.1, -0.05) is 49.5 Å². The van der Waals surface area contributed by atoms with E-state index in [1.807, 2.05) is 54.6 Å². The normalized spacial score (nSPS) is 26.7. The number of aliphatic hydroxyl groups excluding tert-OH is 1. The highest BCUT2D eigenvalue weighted by molar-refractivity contribution is 6.91. The lowest BCUT2D eigenvalue weighted by Gasteiger charge is -2.37. The molecule has 6 atom stereocenters. The van der Waals surface area contributed by atoms with Gasteiger partial charge in [0.15, 0.2) is 5.60 Å². The van der Waals surface area contributed by atoms with Gasteiger partial charge in [-0.3, -0.25) is 14.4 Å². The minimum Gasteiger partial charge on any atom is -0.497 e. The Hall–Kier alpha value is -4.23. The molecule has 3 aromatic rings. The molecule has 53 heavy (non-hydrogen) atoms. The van der Waals surface area contributed by atoms with E-state index in [1.165, 1.54) is 5.19 Å². The third kappa shape index (κ3) is 6.64. The van der Waals surface area contributed by atoms with Crippen LogP contribution in [0.25, 0.3) is 0 Å². The number of carbonyl (C=O) groups is 3. The van der Waals surface area contributed by atoms with Gasteiger partial charge in [-0.2, -0.15) is 0 Å². The van der Waals surface area contributed by atoms with Gasteiger partial charge in [0, 0.05) is 23.7 Å². The van der Waals surface area contributed by atoms with Crippen LogP contribution in [0.4, 0.5) is 11.4 Å². The molecule has 3 N–H and O–H groups in total. The van der Waals surface area contributed by atoms with Crippen LogP contribution in [0.15, 0.2) is 66.7 Å². The second kappa shape index (κ2) is 14.9. The van der Waals surface area contributed by atoms with Gasteiger partial charge in [0.25, 0.3) is 5.91 Å². The van der Waals surface area contributed by atoms with Crippen molar-refractivity contribution in [2.45, 2.75) is 88.0 Å². The predicted octanol–water partition coefficient (Wildman–Crippen LogP) is 4.53. The van der Waals surface area contributed by atoms with E-state index in [1.54, 1.807) is 24.0 Å². The number of aliphatic hydroxyl groups is 1. The van der Waals surface area contributed by atoms with Gasteiger partial charge < -0.3 is 39.8 Å². The number of benzene rings is 3. The first-order valence-corrected chi connectivity index (χ1v) is 22.0. The van der Waals surface area contributed by atoms with Gasteiger partial charge in [0.05, 0.1) is 65.7 Å². The first-order chi connectivity index (χ1) is 25.5. The van der Waals surface area contributed by atoms with E-state index < -0.39 is 19.8 Å². The standard InChI is InChI=1S/C41H52N4O7Si/c1-26-38(53(4,5)32-17-14-30(50-2)15-18-32)36(23-37(47)44-21-7-8-29(44)25-46)52-41(26)33-22-31(51-3)16-19-35(33)45(40(41)49)24-27-10-12-28(13-11-27)43-39(48)34-9-6-20-42-34/h10-19,22,26,29,34,36,38,42,46H,6-9,20-21,23-25H2,1-5H3,(H,43,48)/t26-,29+,34-,36+,38-,41+/m1/s1. The summed E-state index contributed by atoms with van der Waals surface area (Å²) >= 11 is 0. The van der Waals surface area contributed by atoms with E-state index in [0.29, 0.717) is 24.5 Å². The number of anilines is 2. The lowest BCUT2D eigenvalue weighted by atomic mass is 9.82. The van der Waals surface area contributed by atoms with Gasteiger partial charge in [-0.05, 0) is 85.8 Å². The molecule has 0 radical (unpaired) electrons. The van der Waals surface area contributed by atoms with Crippen LogP contribution in [-0.4, -0.2) is 87.9 Å². The van der Waals surface area contributed by atoms with Crippen molar-refractivity contribution in [3.63, 3.8) is 0 Å². The van der Waals surface area contributed by atoms with Gasteiger partial charge in [-0.15, -0.1) is 0 Å². The Labute approximate surface area is 313 Å². The molecular formula is C41H52N4O7Si. The van der Waals surface area contributed by atoms with Crippen molar-refractivity contribution < 1.29 is 33.7 Å². The molecule has 0 saturated carbocycles. The Balaban J connectivity index is 1.24. The molecule has 11 nitrogen and oxygen atoms in total. The molecule has 1 spiro atoms. The van der Waals surface area contributed by atoms with Crippen molar-refractivity contribution in [3.05, 3.63) is 77.9 Å². The van der Waals surface area contributed by atoms with Gasteiger partial charge in [0.2, 0.25) is 11.8 Å². The van der Waals surface area contributed by atoms with Crippen LogP contribution in [0.3, 0.4) is 0 Å². The SMILES string of the molecule is COc1ccc([Si](C)(C)[C@H]2[C@H](CC(=O)N3CCC[C@H]3CO)O[C@@]3(C(=O)N(Cc4ccc(NC(=O)[C@H]5CCCN5)cc4)c4ccc(OC)cc43)[C@@H]2C)cc1. The van der Waals surface area contributed by atoms with Crippen LogP contribution >= 0.6 is 0 Å². The van der Waals surface area contributed by atoms with Crippen LogP contribution < -0.4 is 30.2 Å². The molecule has 7 rings (SSSR count). The molecule has 0 aromatic heterocycles. The smallest absolute Gasteiger partial charge is 0.264 e. The van der Waals surface area contributed by atoms with Crippen molar-refractivity contribution in [1.29, 1.82) is 0 Å². The summed E-state index contributed by atoms with van der Waals surface area (Å²) < 4.78 is 18.4. The number of fused-ring (bicyclic) bond motifs is 2. The Morgan fingerprint density at radius 1 is 1.00 bits per heavy atom. The maximum absolute atomic E-state index is 15.2. The lowest BCUT2D eigenvalue weighted by molar-refractivity contribution is -0.150. The van der Waals surface area contributed by atoms with Crippen molar-refractivity contribution in [2.24, 2.45) is 5.92 Å². The van der Waals surface area contributed by atoms with Crippen molar-refractivity contribution in [2.75, 3.05) is 44.1 Å². The zero-order chi connectivity index (χ0) is 37.5. The highest BCUT2D eigenvalue weighted by Crippen LogP contribution is 2.60. The highest BCUT2D eigenvalue weighted by Gasteiger charge is 2.66. The van der Waals surface area contributed by atoms with E-state index in [9.17, 15) is 14.7 Å². The fourth-order valence-corrected chi connectivity index (χ4v) is 13.4. The summed E-state index contributed by atoms with van der Waals surface area (Å²) in [4.78, 5) is 45.6. The number of carbonyl (C=O) groups excluding carboxylic acids is 3. The molecule has 4 aliphatic rings. The molecule has 3 aromatic carbocycles. The lowest BCUT2D eigenvalue weighted by Crippen LogP contribution is -2.52. The zero-order valence-corrected chi connectivity index (χ0v) is 32.4. The van der Waals surface area contributed by atoms with Gasteiger partial charge in [-0.25, -0.2) is 0 Å². The maximum Gasteiger partial charge on any atom is 0.264 e. The third-order valence-corrected chi connectivity index (χ3v) is 16.6. The number of rotatable bonds is 11. The van der Waals surface area contributed by atoms with E-state index >= 15 is 4.79 Å². The molecule has 3 amide bonds. The highest BCUT2D eigenvalue weighted by atomic mass is 28.3. The van der Waals surface area contributed by atoms with Crippen LogP contribution in [0, 0.1) is 5.92 Å². The Morgan fingerprint density at radius 3 is 2.38 bits per heavy atom. The summed E-state index contributed by atoms with van der Waals surface area (Å²) in [5, 5.41) is 17.5. The molecule has 4 heterocycles. The molecule has 3 saturated heterocycles. The number of hydrogen-bond donors (Lipinski definition) is 3. The predicted molar refractivity (Wildman–Crippen MR) is 206 cm³/mol. The zero-order valence-electron chi connectivity index (χ0n) is 31.4. The molecule has 4 aliphatic heterocycles. The average molecular weight is 741 g/mol. The molecular weight excluding hydrogens is 689 g/mol. The number of ether oxygens (including phenoxy) is 3. The third-order valence-electron chi connectivity index (χ3n) is 12.3. The topological polar surface area (TPSA) is 130 Å². The molecule has 0 aliphatic carbocycles. The quantitative estimate of drug-likeness (QED) is 0.245. The fourth-order valence-electron chi connectivity index (χ4n) is 9.43. The van der Waals surface area contributed by atoms with Crippen LogP contribution in [0.1, 0.15) is 50.2 Å². The number of methoxy groups -OCH3 is 2. The van der Waals surface area contributed by atoms with Crippen molar-refractivity contribution >= 4 is 42.4 Å². The van der Waals surface area contributed by atoms with E-state index in [-0.39, 0.29) is 54.3 Å². The number of nitrogens with one attached hydrogen (secondary N) is 2. The van der Waals surface area contributed by atoms with E-state index in [0.717, 1.165) is 54.8 Å². The minimum absolute atomic E-state index is 0.0394. The largest absolute Gasteiger partial charge is 0.497 e. The molecule has 0 bridgehead atoms. The van der Waals surface area contributed by atoms with Crippen molar-refractivity contribution in [3.8, 4) is 11.5 Å². The van der Waals surface area contributed by atoms with Gasteiger partial charge >= 0.3 is 0 Å². The van der Waals surface area contributed by atoms with Crippen molar-refractivity contribution in [1.82, 2.24) is 10.2 Å². The number of hydrogen-bond acceptors (Lipinski definition) is 8. The first kappa shape index (κ1) is 37.1. The molecule has 3 fully saturated rings. The molecule has 0 unspecified atom stereocenters. The maximum atomic E-state index is 15.2. The number of likely N-dealkylation sites (tertiary alicyclic amines) is 1. The Bertz CT molecular complexity index is 1830. The number of amides is 3. The molecule has 12 heteroatoms. The monoisotopic (exact) mass is 740 g/mol. The summed E-state index contributed by atoms with van der Waals surface area (Å²) in [5.74, 6) is 0.849. The minimum atomic E-state index is -2.47. The summed E-state index contributed by atoms with van der Waals surface area (Å²) in [5.41, 5.74) is 1.64. The first-order valence-electron chi connectivity index (χ1n) is 18.9. The summed E-state index contributed by atoms with van der Waals surface area (Å²) in [6.45, 7) is 8.39. The molecule has 282 valence electrons. The average Bonchev–Trinajstić information content (AvgIpc) is 3.97.